The minimum absolute atomic E-state index is 0.125. The van der Waals surface area contributed by atoms with Crippen molar-refractivity contribution in [2.24, 2.45) is 0 Å². The lowest BCUT2D eigenvalue weighted by molar-refractivity contribution is -0.116. The summed E-state index contributed by atoms with van der Waals surface area (Å²) in [6, 6.07) is 18.8. The Hall–Kier alpha value is -3.36. The number of para-hydroxylation sites is 1. The predicted octanol–water partition coefficient (Wildman–Crippen LogP) is 8.75. The first-order chi connectivity index (χ1) is 19.5. The van der Waals surface area contributed by atoms with Gasteiger partial charge < -0.3 is 23.5 Å². The number of benzene rings is 3. The zero-order valence-corrected chi connectivity index (χ0v) is 26.6. The summed E-state index contributed by atoms with van der Waals surface area (Å²) in [5.74, 6) is 1.43. The molecule has 0 unspecified atom stereocenters. The Balaban J connectivity index is 1.87. The fourth-order valence-electron chi connectivity index (χ4n) is 5.76. The van der Waals surface area contributed by atoms with E-state index in [2.05, 4.69) is 41.5 Å². The van der Waals surface area contributed by atoms with E-state index in [1.165, 1.54) is 30.0 Å². The van der Waals surface area contributed by atoms with E-state index in [0.717, 1.165) is 5.56 Å². The van der Waals surface area contributed by atoms with E-state index >= 15 is 0 Å². The van der Waals surface area contributed by atoms with Gasteiger partial charge in [-0.25, -0.2) is 4.39 Å². The van der Waals surface area contributed by atoms with E-state index in [0.29, 0.717) is 58.5 Å². The third-order valence-electron chi connectivity index (χ3n) is 7.56. The first-order valence-electron chi connectivity index (χ1n) is 14.2. The molecule has 222 valence electrons. The lowest BCUT2D eigenvalue weighted by Crippen LogP contribution is -2.48. The SMILES string of the molecule is COc1ccc(OCCO[Si](C(C)C)(C(C)C)C(C)C)c(CN(C(C)=O)c2cc(F)ccc2Oc2ccccc2)c1. The molecule has 0 heterocycles. The smallest absolute Gasteiger partial charge is 0.224 e. The molecule has 3 rings (SSSR count). The molecule has 0 fully saturated rings. The van der Waals surface area contributed by atoms with Gasteiger partial charge in [0.15, 0.2) is 14.1 Å². The van der Waals surface area contributed by atoms with Crippen LogP contribution in [0, 0.1) is 5.82 Å². The number of halogens is 1. The summed E-state index contributed by atoms with van der Waals surface area (Å²) < 4.78 is 38.9. The standard InChI is InChI=1S/C33H44FNO5Si/c1-23(2)41(24(3)4,25(5)6)39-19-18-38-32-17-15-30(37-8)20-27(32)22-35(26(7)36)31-21-28(34)14-16-33(31)40-29-12-10-9-11-13-29/h9-17,20-21,23-25H,18-19,22H2,1-8H3. The van der Waals surface area contributed by atoms with E-state index in [1.54, 1.807) is 19.2 Å². The van der Waals surface area contributed by atoms with Crippen molar-refractivity contribution < 1.29 is 27.8 Å². The number of anilines is 1. The number of carbonyl (C=O) groups excluding carboxylic acids is 1. The molecule has 0 saturated heterocycles. The summed E-state index contributed by atoms with van der Waals surface area (Å²) in [6.07, 6.45) is 0. The normalized spacial score (nSPS) is 11.7. The number of ether oxygens (including phenoxy) is 3. The molecule has 0 aliphatic carbocycles. The highest BCUT2D eigenvalue weighted by Crippen LogP contribution is 2.42. The van der Waals surface area contributed by atoms with Crippen LogP contribution in [0.25, 0.3) is 0 Å². The highest BCUT2D eigenvalue weighted by atomic mass is 28.4. The second-order valence-electron chi connectivity index (χ2n) is 11.1. The van der Waals surface area contributed by atoms with E-state index in [-0.39, 0.29) is 12.5 Å². The van der Waals surface area contributed by atoms with Crippen molar-refractivity contribution in [1.29, 1.82) is 0 Å². The molecule has 0 spiro atoms. The fourth-order valence-corrected chi connectivity index (χ4v) is 11.2. The van der Waals surface area contributed by atoms with Crippen LogP contribution < -0.4 is 19.1 Å². The second kappa shape index (κ2) is 14.5. The van der Waals surface area contributed by atoms with Crippen molar-refractivity contribution in [2.45, 2.75) is 71.6 Å². The third-order valence-corrected chi connectivity index (χ3v) is 13.7. The molecule has 3 aromatic carbocycles. The molecule has 0 aromatic heterocycles. The highest BCUT2D eigenvalue weighted by Gasteiger charge is 2.44. The molecular weight excluding hydrogens is 537 g/mol. The van der Waals surface area contributed by atoms with Gasteiger partial charge in [0.05, 0.1) is 25.9 Å². The van der Waals surface area contributed by atoms with Gasteiger partial charge in [-0.1, -0.05) is 59.7 Å². The Morgan fingerprint density at radius 1 is 0.829 bits per heavy atom. The van der Waals surface area contributed by atoms with Crippen molar-refractivity contribution in [1.82, 2.24) is 0 Å². The quantitative estimate of drug-likeness (QED) is 0.141. The summed E-state index contributed by atoms with van der Waals surface area (Å²) in [5, 5.41) is 0. The van der Waals surface area contributed by atoms with Crippen LogP contribution in [0.5, 0.6) is 23.0 Å². The van der Waals surface area contributed by atoms with E-state index in [4.69, 9.17) is 18.6 Å². The molecule has 0 aliphatic rings. The molecule has 0 radical (unpaired) electrons. The summed E-state index contributed by atoms with van der Waals surface area (Å²) in [5.41, 5.74) is 2.46. The molecule has 0 N–H and O–H groups in total. The van der Waals surface area contributed by atoms with Gasteiger partial charge in [0.2, 0.25) is 5.91 Å². The van der Waals surface area contributed by atoms with Crippen molar-refractivity contribution >= 4 is 19.9 Å². The van der Waals surface area contributed by atoms with E-state index in [9.17, 15) is 9.18 Å². The number of rotatable bonds is 14. The topological polar surface area (TPSA) is 57.2 Å². The van der Waals surface area contributed by atoms with Gasteiger partial charge >= 0.3 is 0 Å². The summed E-state index contributed by atoms with van der Waals surface area (Å²) in [7, 11) is -0.440. The van der Waals surface area contributed by atoms with Crippen LogP contribution >= 0.6 is 0 Å². The zero-order valence-electron chi connectivity index (χ0n) is 25.6. The Labute approximate surface area is 245 Å². The van der Waals surface area contributed by atoms with Crippen LogP contribution in [0.15, 0.2) is 66.7 Å². The molecular formula is C33H44FNO5Si. The first kappa shape index (κ1) is 32.2. The number of hydrogen-bond donors (Lipinski definition) is 0. The van der Waals surface area contributed by atoms with Gasteiger partial charge in [0, 0.05) is 18.6 Å². The molecule has 0 aliphatic heterocycles. The van der Waals surface area contributed by atoms with Gasteiger partial charge in [-0.05, 0) is 59.1 Å². The highest BCUT2D eigenvalue weighted by molar-refractivity contribution is 6.77. The average molecular weight is 582 g/mol. The maximum Gasteiger partial charge on any atom is 0.224 e. The Morgan fingerprint density at radius 2 is 1.46 bits per heavy atom. The molecule has 41 heavy (non-hydrogen) atoms. The monoisotopic (exact) mass is 581 g/mol. The molecule has 0 atom stereocenters. The van der Waals surface area contributed by atoms with Crippen LogP contribution in [0.1, 0.15) is 54.0 Å². The Bertz CT molecular complexity index is 1260. The van der Waals surface area contributed by atoms with Crippen LogP contribution in [0.4, 0.5) is 10.1 Å². The minimum atomic E-state index is -2.03. The lowest BCUT2D eigenvalue weighted by atomic mass is 10.1. The second-order valence-corrected chi connectivity index (χ2v) is 16.6. The van der Waals surface area contributed by atoms with Crippen LogP contribution in [0.3, 0.4) is 0 Å². The number of hydrogen-bond acceptors (Lipinski definition) is 5. The first-order valence-corrected chi connectivity index (χ1v) is 16.4. The molecule has 1 amide bonds. The van der Waals surface area contributed by atoms with Gasteiger partial charge in [0.1, 0.15) is 29.7 Å². The number of amides is 1. The van der Waals surface area contributed by atoms with Crippen molar-refractivity contribution in [3.05, 3.63) is 78.1 Å². The van der Waals surface area contributed by atoms with Gasteiger partial charge in [-0.15, -0.1) is 0 Å². The number of methoxy groups -OCH3 is 1. The largest absolute Gasteiger partial charge is 0.497 e. The molecule has 0 bridgehead atoms. The third kappa shape index (κ3) is 7.89. The van der Waals surface area contributed by atoms with Crippen LogP contribution in [-0.2, 0) is 15.8 Å². The van der Waals surface area contributed by atoms with E-state index in [1.807, 2.05) is 36.4 Å². The summed E-state index contributed by atoms with van der Waals surface area (Å²) >= 11 is 0. The molecule has 0 saturated carbocycles. The average Bonchev–Trinajstić information content (AvgIpc) is 2.93. The maximum absolute atomic E-state index is 14.5. The fraction of sp³-hybridized carbons (Fsp3) is 0.424. The van der Waals surface area contributed by atoms with Crippen molar-refractivity contribution in [3.63, 3.8) is 0 Å². The minimum Gasteiger partial charge on any atom is -0.497 e. The predicted molar refractivity (Wildman–Crippen MR) is 165 cm³/mol. The summed E-state index contributed by atoms with van der Waals surface area (Å²) in [6.45, 7) is 15.9. The van der Waals surface area contributed by atoms with Crippen LogP contribution in [-0.4, -0.2) is 34.5 Å². The van der Waals surface area contributed by atoms with Gasteiger partial charge in [-0.3, -0.25) is 4.79 Å². The zero-order chi connectivity index (χ0) is 30.2. The molecule has 8 heteroatoms. The summed E-state index contributed by atoms with van der Waals surface area (Å²) in [4.78, 5) is 14.4. The number of carbonyl (C=O) groups is 1. The van der Waals surface area contributed by atoms with Crippen LogP contribution in [0.2, 0.25) is 16.6 Å². The Kier molecular flexibility index (Phi) is 11.4. The molecule has 3 aromatic rings. The van der Waals surface area contributed by atoms with Crippen molar-refractivity contribution in [3.8, 4) is 23.0 Å². The van der Waals surface area contributed by atoms with Crippen molar-refractivity contribution in [2.75, 3.05) is 25.2 Å². The van der Waals surface area contributed by atoms with Gasteiger partial charge in [0.25, 0.3) is 0 Å². The van der Waals surface area contributed by atoms with Gasteiger partial charge in [-0.2, -0.15) is 0 Å². The lowest BCUT2D eigenvalue weighted by Gasteiger charge is -2.42. The number of nitrogens with zero attached hydrogens (tertiary/aromatic N) is 1. The molecule has 6 nitrogen and oxygen atoms in total. The Morgan fingerprint density at radius 3 is 2.05 bits per heavy atom. The van der Waals surface area contributed by atoms with E-state index < -0.39 is 14.1 Å². The maximum atomic E-state index is 14.5.